The Morgan fingerprint density at radius 1 is 1.20 bits per heavy atom. The van der Waals surface area contributed by atoms with Crippen molar-refractivity contribution in [2.24, 2.45) is 5.92 Å². The number of carbonyl (C=O) groups excluding carboxylic acids is 2. The van der Waals surface area contributed by atoms with Crippen LogP contribution in [-0.2, 0) is 20.9 Å². The zero-order chi connectivity index (χ0) is 21.3. The summed E-state index contributed by atoms with van der Waals surface area (Å²) in [6.45, 7) is 2.02. The number of halogens is 2. The van der Waals surface area contributed by atoms with E-state index in [4.69, 9.17) is 9.26 Å². The predicted octanol–water partition coefficient (Wildman–Crippen LogP) is 4.02. The smallest absolute Gasteiger partial charge is 0.311 e. The van der Waals surface area contributed by atoms with E-state index in [-0.39, 0.29) is 42.5 Å². The number of anilines is 1. The summed E-state index contributed by atoms with van der Waals surface area (Å²) in [5.41, 5.74) is 2.15. The maximum absolute atomic E-state index is 13.8. The molecule has 1 aromatic heterocycles. The third kappa shape index (κ3) is 4.07. The number of aromatic nitrogens is 1. The number of amides is 1. The first kappa shape index (κ1) is 19.8. The van der Waals surface area contributed by atoms with Crippen LogP contribution in [0.3, 0.4) is 0 Å². The lowest BCUT2D eigenvalue weighted by Gasteiger charge is -2.16. The summed E-state index contributed by atoms with van der Waals surface area (Å²) in [6.07, 6.45) is 0.0670. The molecule has 1 fully saturated rings. The minimum absolute atomic E-state index is 0.0524. The first-order valence-corrected chi connectivity index (χ1v) is 9.35. The van der Waals surface area contributed by atoms with Gasteiger partial charge in [-0.3, -0.25) is 9.59 Å². The molecule has 1 amide bonds. The lowest BCUT2D eigenvalue weighted by atomic mass is 10.1. The Balaban J connectivity index is 1.37. The van der Waals surface area contributed by atoms with E-state index >= 15 is 0 Å². The third-order valence-electron chi connectivity index (χ3n) is 4.92. The number of rotatable bonds is 5. The van der Waals surface area contributed by atoms with Crippen LogP contribution in [0.2, 0.25) is 0 Å². The summed E-state index contributed by atoms with van der Waals surface area (Å²) in [5.74, 6) is -2.63. The lowest BCUT2D eigenvalue weighted by Crippen LogP contribution is -2.26. The number of carbonyl (C=O) groups is 2. The molecule has 1 aliphatic rings. The Kier molecular flexibility index (Phi) is 5.31. The monoisotopic (exact) mass is 412 g/mol. The van der Waals surface area contributed by atoms with Gasteiger partial charge in [0.1, 0.15) is 23.9 Å². The highest BCUT2D eigenvalue weighted by molar-refractivity contribution is 5.99. The molecule has 1 aliphatic heterocycles. The predicted molar refractivity (Wildman–Crippen MR) is 103 cm³/mol. The minimum atomic E-state index is -0.782. The van der Waals surface area contributed by atoms with Crippen LogP contribution in [0, 0.1) is 24.5 Å². The van der Waals surface area contributed by atoms with Crippen LogP contribution in [0.5, 0.6) is 0 Å². The van der Waals surface area contributed by atoms with E-state index in [9.17, 15) is 18.4 Å². The molecule has 0 N–H and O–H groups in total. The average Bonchev–Trinajstić information content (AvgIpc) is 3.34. The highest BCUT2D eigenvalue weighted by Crippen LogP contribution is 2.27. The second kappa shape index (κ2) is 8.06. The molecule has 4 rings (SSSR count). The summed E-state index contributed by atoms with van der Waals surface area (Å²) in [6, 6.07) is 12.0. The van der Waals surface area contributed by atoms with E-state index in [1.807, 2.05) is 31.2 Å². The van der Waals surface area contributed by atoms with E-state index in [0.717, 1.165) is 23.4 Å². The van der Waals surface area contributed by atoms with E-state index in [1.165, 1.54) is 12.1 Å². The molecule has 8 heteroatoms. The van der Waals surface area contributed by atoms with Gasteiger partial charge in [-0.05, 0) is 31.2 Å². The number of ether oxygens (including phenoxy) is 1. The number of hydrogen-bond donors (Lipinski definition) is 0. The van der Waals surface area contributed by atoms with Gasteiger partial charge in [-0.15, -0.1) is 0 Å². The molecule has 2 aromatic carbocycles. The number of hydrogen-bond acceptors (Lipinski definition) is 5. The van der Waals surface area contributed by atoms with E-state index in [2.05, 4.69) is 5.16 Å². The summed E-state index contributed by atoms with van der Waals surface area (Å²) >= 11 is 0. The van der Waals surface area contributed by atoms with Crippen LogP contribution in [0.4, 0.5) is 14.5 Å². The van der Waals surface area contributed by atoms with Crippen molar-refractivity contribution in [2.45, 2.75) is 20.0 Å². The standard InChI is InChI=1S/C22H18F2N2O4/c1-13-2-5-17(6-3-13)26-11-14(8-21(26)27)22(28)29-12-16-10-20(30-25-16)18-7-4-15(23)9-19(18)24/h2-7,9-10,14H,8,11-12H2,1H3. The van der Waals surface area contributed by atoms with Crippen molar-refractivity contribution >= 4 is 17.6 Å². The van der Waals surface area contributed by atoms with Crippen molar-refractivity contribution in [3.8, 4) is 11.3 Å². The number of nitrogens with zero attached hydrogens (tertiary/aromatic N) is 2. The second-order valence-corrected chi connectivity index (χ2v) is 7.16. The maximum atomic E-state index is 13.8. The lowest BCUT2D eigenvalue weighted by molar-refractivity contribution is -0.149. The molecule has 0 aliphatic carbocycles. The van der Waals surface area contributed by atoms with Gasteiger partial charge < -0.3 is 14.2 Å². The summed E-state index contributed by atoms with van der Waals surface area (Å²) < 4.78 is 37.2. The normalized spacial score (nSPS) is 16.2. The van der Waals surface area contributed by atoms with Crippen LogP contribution in [0.25, 0.3) is 11.3 Å². The van der Waals surface area contributed by atoms with E-state index < -0.39 is 23.5 Å². The molecule has 2 heterocycles. The SMILES string of the molecule is Cc1ccc(N2CC(C(=O)OCc3cc(-c4ccc(F)cc4F)on3)CC2=O)cc1. The van der Waals surface area contributed by atoms with Gasteiger partial charge in [0.15, 0.2) is 5.76 Å². The van der Waals surface area contributed by atoms with Gasteiger partial charge in [0.05, 0.1) is 11.5 Å². The van der Waals surface area contributed by atoms with Crippen LogP contribution < -0.4 is 4.90 Å². The number of aryl methyl sites for hydroxylation is 1. The van der Waals surface area contributed by atoms with Crippen molar-refractivity contribution < 1.29 is 27.6 Å². The molecule has 0 saturated carbocycles. The van der Waals surface area contributed by atoms with E-state index in [0.29, 0.717) is 0 Å². The van der Waals surface area contributed by atoms with Crippen molar-refractivity contribution in [3.63, 3.8) is 0 Å². The Morgan fingerprint density at radius 3 is 2.70 bits per heavy atom. The minimum Gasteiger partial charge on any atom is -0.459 e. The molecular weight excluding hydrogens is 394 g/mol. The molecule has 6 nitrogen and oxygen atoms in total. The average molecular weight is 412 g/mol. The zero-order valence-electron chi connectivity index (χ0n) is 16.1. The topological polar surface area (TPSA) is 72.6 Å². The largest absolute Gasteiger partial charge is 0.459 e. The molecule has 3 aromatic rings. The maximum Gasteiger partial charge on any atom is 0.311 e. The van der Waals surface area contributed by atoms with Crippen molar-refractivity contribution in [3.05, 3.63) is 71.4 Å². The Hall–Kier alpha value is -3.55. The van der Waals surface area contributed by atoms with Crippen molar-refractivity contribution in [1.29, 1.82) is 0 Å². The second-order valence-electron chi connectivity index (χ2n) is 7.16. The summed E-state index contributed by atoms with van der Waals surface area (Å²) in [4.78, 5) is 26.3. The van der Waals surface area contributed by atoms with Crippen LogP contribution in [-0.4, -0.2) is 23.6 Å². The number of benzene rings is 2. The quantitative estimate of drug-likeness (QED) is 0.592. The Labute approximate surface area is 171 Å². The first-order valence-electron chi connectivity index (χ1n) is 9.35. The molecule has 0 spiro atoms. The van der Waals surface area contributed by atoms with Crippen LogP contribution in [0.1, 0.15) is 17.7 Å². The highest BCUT2D eigenvalue weighted by atomic mass is 19.1. The van der Waals surface area contributed by atoms with Crippen LogP contribution >= 0.6 is 0 Å². The Bertz CT molecular complexity index is 1090. The van der Waals surface area contributed by atoms with Crippen LogP contribution in [0.15, 0.2) is 53.1 Å². The van der Waals surface area contributed by atoms with Gasteiger partial charge in [-0.25, -0.2) is 8.78 Å². The van der Waals surface area contributed by atoms with Gasteiger partial charge in [0.25, 0.3) is 0 Å². The zero-order valence-corrected chi connectivity index (χ0v) is 16.1. The van der Waals surface area contributed by atoms with Gasteiger partial charge in [-0.1, -0.05) is 22.9 Å². The highest BCUT2D eigenvalue weighted by Gasteiger charge is 2.36. The number of esters is 1. The van der Waals surface area contributed by atoms with Gasteiger partial charge in [0.2, 0.25) is 5.91 Å². The Morgan fingerprint density at radius 2 is 1.97 bits per heavy atom. The van der Waals surface area contributed by atoms with Gasteiger partial charge in [-0.2, -0.15) is 0 Å². The molecule has 30 heavy (non-hydrogen) atoms. The van der Waals surface area contributed by atoms with Gasteiger partial charge in [0, 0.05) is 30.8 Å². The fourth-order valence-electron chi connectivity index (χ4n) is 3.30. The summed E-state index contributed by atoms with van der Waals surface area (Å²) in [7, 11) is 0. The van der Waals surface area contributed by atoms with Crippen molar-refractivity contribution in [2.75, 3.05) is 11.4 Å². The fourth-order valence-corrected chi connectivity index (χ4v) is 3.30. The third-order valence-corrected chi connectivity index (χ3v) is 4.92. The van der Waals surface area contributed by atoms with Crippen molar-refractivity contribution in [1.82, 2.24) is 5.16 Å². The fraction of sp³-hybridized carbons (Fsp3) is 0.227. The van der Waals surface area contributed by atoms with E-state index in [1.54, 1.807) is 4.90 Å². The molecule has 1 unspecified atom stereocenters. The molecule has 1 saturated heterocycles. The van der Waals surface area contributed by atoms with Gasteiger partial charge >= 0.3 is 5.97 Å². The molecule has 154 valence electrons. The molecular formula is C22H18F2N2O4. The summed E-state index contributed by atoms with van der Waals surface area (Å²) in [5, 5.41) is 3.75. The first-order chi connectivity index (χ1) is 14.4. The molecule has 0 radical (unpaired) electrons. The molecule has 1 atom stereocenters. The molecule has 0 bridgehead atoms.